The largest absolute Gasteiger partial charge is 0.329 e. The zero-order valence-electron chi connectivity index (χ0n) is 14.5. The first-order valence-electron chi connectivity index (χ1n) is 9.66. The van der Waals surface area contributed by atoms with E-state index in [2.05, 4.69) is 18.7 Å². The summed E-state index contributed by atoms with van der Waals surface area (Å²) >= 11 is 0. The van der Waals surface area contributed by atoms with Crippen molar-refractivity contribution in [1.82, 2.24) is 4.90 Å². The standard InChI is InChI=1S/C19H38N2/c1-16(2)12-13-21(18-10-6-7-11-18)19(15-20)14-17-8-4-3-5-9-17/h16-19H,3-15,20H2,1-2H3. The maximum absolute atomic E-state index is 6.22. The minimum atomic E-state index is 0.648. The van der Waals surface area contributed by atoms with Crippen LogP contribution in [0.5, 0.6) is 0 Å². The van der Waals surface area contributed by atoms with Crippen molar-refractivity contribution in [2.45, 2.75) is 96.6 Å². The van der Waals surface area contributed by atoms with Crippen LogP contribution < -0.4 is 5.73 Å². The SMILES string of the molecule is CC(C)CCN(C1CCCC1)C(CN)CC1CCCCC1. The third kappa shape index (κ3) is 5.56. The van der Waals surface area contributed by atoms with Crippen molar-refractivity contribution < 1.29 is 0 Å². The molecule has 0 aromatic carbocycles. The molecule has 0 aromatic rings. The minimum Gasteiger partial charge on any atom is -0.329 e. The monoisotopic (exact) mass is 294 g/mol. The van der Waals surface area contributed by atoms with Crippen LogP contribution in [0.4, 0.5) is 0 Å². The van der Waals surface area contributed by atoms with Crippen molar-refractivity contribution in [2.24, 2.45) is 17.6 Å². The van der Waals surface area contributed by atoms with E-state index in [9.17, 15) is 0 Å². The van der Waals surface area contributed by atoms with Gasteiger partial charge in [-0.25, -0.2) is 0 Å². The molecule has 0 radical (unpaired) electrons. The van der Waals surface area contributed by atoms with Crippen molar-refractivity contribution in [3.8, 4) is 0 Å². The molecular weight excluding hydrogens is 256 g/mol. The van der Waals surface area contributed by atoms with E-state index in [0.29, 0.717) is 6.04 Å². The van der Waals surface area contributed by atoms with Gasteiger partial charge in [0.05, 0.1) is 0 Å². The molecule has 2 aliphatic rings. The highest BCUT2D eigenvalue weighted by Crippen LogP contribution is 2.32. The van der Waals surface area contributed by atoms with E-state index in [4.69, 9.17) is 5.73 Å². The van der Waals surface area contributed by atoms with Crippen LogP contribution in [0.25, 0.3) is 0 Å². The third-order valence-corrected chi connectivity index (χ3v) is 5.83. The first kappa shape index (κ1) is 17.3. The highest BCUT2D eigenvalue weighted by atomic mass is 15.2. The second-order valence-electron chi connectivity index (χ2n) is 7.99. The molecule has 0 amide bonds. The molecule has 2 N–H and O–H groups in total. The lowest BCUT2D eigenvalue weighted by Crippen LogP contribution is -2.47. The van der Waals surface area contributed by atoms with Crippen molar-refractivity contribution >= 4 is 0 Å². The second-order valence-corrected chi connectivity index (χ2v) is 7.99. The van der Waals surface area contributed by atoms with Crippen LogP contribution in [0.2, 0.25) is 0 Å². The zero-order valence-corrected chi connectivity index (χ0v) is 14.5. The van der Waals surface area contributed by atoms with Gasteiger partial charge >= 0.3 is 0 Å². The molecule has 0 saturated heterocycles. The molecule has 2 fully saturated rings. The lowest BCUT2D eigenvalue weighted by molar-refractivity contribution is 0.106. The van der Waals surface area contributed by atoms with Crippen molar-refractivity contribution in [2.75, 3.05) is 13.1 Å². The number of nitrogens with two attached hydrogens (primary N) is 1. The van der Waals surface area contributed by atoms with Crippen LogP contribution in [-0.4, -0.2) is 30.1 Å². The summed E-state index contributed by atoms with van der Waals surface area (Å²) in [6, 6.07) is 1.48. The van der Waals surface area contributed by atoms with E-state index < -0.39 is 0 Å². The molecule has 1 atom stereocenters. The molecule has 0 spiro atoms. The van der Waals surface area contributed by atoms with E-state index >= 15 is 0 Å². The quantitative estimate of drug-likeness (QED) is 0.710. The molecule has 124 valence electrons. The number of hydrogen-bond acceptors (Lipinski definition) is 2. The Morgan fingerprint density at radius 3 is 2.14 bits per heavy atom. The van der Waals surface area contributed by atoms with E-state index in [1.807, 2.05) is 0 Å². The summed E-state index contributed by atoms with van der Waals surface area (Å²) in [6.45, 7) is 6.85. The Hall–Kier alpha value is -0.0800. The Kier molecular flexibility index (Phi) is 7.53. The minimum absolute atomic E-state index is 0.648. The van der Waals surface area contributed by atoms with Crippen molar-refractivity contribution in [3.05, 3.63) is 0 Å². The molecule has 0 aromatic heterocycles. The van der Waals surface area contributed by atoms with Gasteiger partial charge in [0, 0.05) is 18.6 Å². The molecule has 2 nitrogen and oxygen atoms in total. The Morgan fingerprint density at radius 1 is 0.952 bits per heavy atom. The Balaban J connectivity index is 1.93. The molecule has 0 heterocycles. The predicted octanol–water partition coefficient (Wildman–Crippen LogP) is 4.57. The van der Waals surface area contributed by atoms with Crippen LogP contribution in [0, 0.1) is 11.8 Å². The number of rotatable bonds is 8. The maximum Gasteiger partial charge on any atom is 0.0223 e. The van der Waals surface area contributed by atoms with Crippen LogP contribution in [-0.2, 0) is 0 Å². The smallest absolute Gasteiger partial charge is 0.0223 e. The van der Waals surface area contributed by atoms with Crippen molar-refractivity contribution in [1.29, 1.82) is 0 Å². The molecule has 1 unspecified atom stereocenters. The molecular formula is C19H38N2. The van der Waals surface area contributed by atoms with E-state index in [0.717, 1.165) is 24.4 Å². The summed E-state index contributed by atoms with van der Waals surface area (Å²) in [6.07, 6.45) is 15.7. The highest BCUT2D eigenvalue weighted by Gasteiger charge is 2.29. The first-order valence-corrected chi connectivity index (χ1v) is 9.66. The number of nitrogens with zero attached hydrogens (tertiary/aromatic N) is 1. The molecule has 2 saturated carbocycles. The molecule has 2 rings (SSSR count). The van der Waals surface area contributed by atoms with Gasteiger partial charge in [0.15, 0.2) is 0 Å². The van der Waals surface area contributed by atoms with Gasteiger partial charge in [-0.2, -0.15) is 0 Å². The lowest BCUT2D eigenvalue weighted by atomic mass is 9.84. The fourth-order valence-electron chi connectivity index (χ4n) is 4.48. The van der Waals surface area contributed by atoms with Gasteiger partial charge < -0.3 is 5.73 Å². The summed E-state index contributed by atoms with van der Waals surface area (Å²) in [5, 5.41) is 0. The average Bonchev–Trinajstić information content (AvgIpc) is 3.01. The predicted molar refractivity (Wildman–Crippen MR) is 92.5 cm³/mol. The second kappa shape index (κ2) is 9.15. The summed E-state index contributed by atoms with van der Waals surface area (Å²) in [5.74, 6) is 1.76. The van der Waals surface area contributed by atoms with Gasteiger partial charge in [-0.3, -0.25) is 4.90 Å². The van der Waals surface area contributed by atoms with Crippen LogP contribution in [0.15, 0.2) is 0 Å². The highest BCUT2D eigenvalue weighted by molar-refractivity contribution is 4.85. The lowest BCUT2D eigenvalue weighted by Gasteiger charge is -2.39. The van der Waals surface area contributed by atoms with Gasteiger partial charge in [0.1, 0.15) is 0 Å². The Morgan fingerprint density at radius 2 is 1.57 bits per heavy atom. The number of hydrogen-bond donors (Lipinski definition) is 1. The topological polar surface area (TPSA) is 29.3 Å². The van der Waals surface area contributed by atoms with Gasteiger partial charge in [-0.15, -0.1) is 0 Å². The van der Waals surface area contributed by atoms with E-state index in [-0.39, 0.29) is 0 Å². The van der Waals surface area contributed by atoms with Crippen LogP contribution in [0.1, 0.15) is 84.5 Å². The third-order valence-electron chi connectivity index (χ3n) is 5.83. The summed E-state index contributed by atoms with van der Waals surface area (Å²) < 4.78 is 0. The Bertz CT molecular complexity index is 265. The summed E-state index contributed by atoms with van der Waals surface area (Å²) in [4.78, 5) is 2.83. The van der Waals surface area contributed by atoms with Gasteiger partial charge in [-0.05, 0) is 44.1 Å². The van der Waals surface area contributed by atoms with E-state index in [1.54, 1.807) is 0 Å². The van der Waals surface area contributed by atoms with E-state index in [1.165, 1.54) is 77.2 Å². The fourth-order valence-corrected chi connectivity index (χ4v) is 4.48. The Labute approximate surface area is 132 Å². The zero-order chi connectivity index (χ0) is 15.1. The summed E-state index contributed by atoms with van der Waals surface area (Å²) in [7, 11) is 0. The van der Waals surface area contributed by atoms with Gasteiger partial charge in [0.25, 0.3) is 0 Å². The van der Waals surface area contributed by atoms with Crippen molar-refractivity contribution in [3.63, 3.8) is 0 Å². The van der Waals surface area contributed by atoms with Gasteiger partial charge in [-0.1, -0.05) is 58.8 Å². The van der Waals surface area contributed by atoms with Crippen LogP contribution in [0.3, 0.4) is 0 Å². The maximum atomic E-state index is 6.22. The fraction of sp³-hybridized carbons (Fsp3) is 1.00. The molecule has 2 heteroatoms. The molecule has 2 aliphatic carbocycles. The normalized spacial score (nSPS) is 23.3. The average molecular weight is 295 g/mol. The van der Waals surface area contributed by atoms with Crippen LogP contribution >= 0.6 is 0 Å². The first-order chi connectivity index (χ1) is 10.2. The molecule has 0 bridgehead atoms. The molecule has 0 aliphatic heterocycles. The van der Waals surface area contributed by atoms with Gasteiger partial charge in [0.2, 0.25) is 0 Å². The summed E-state index contributed by atoms with van der Waals surface area (Å²) in [5.41, 5.74) is 6.22. The molecule has 21 heavy (non-hydrogen) atoms.